The third-order valence-electron chi connectivity index (χ3n) is 6.34. The van der Waals surface area contributed by atoms with E-state index in [2.05, 4.69) is 0 Å². The van der Waals surface area contributed by atoms with Crippen molar-refractivity contribution in [1.29, 1.82) is 0 Å². The molecule has 0 aliphatic carbocycles. The maximum absolute atomic E-state index is 13.7. The molecule has 0 saturated carbocycles. The van der Waals surface area contributed by atoms with Gasteiger partial charge in [0.25, 0.3) is 15.7 Å². The number of hydrogen-bond acceptors (Lipinski definition) is 7. The number of hydrogen-bond donors (Lipinski definition) is 0. The number of non-ortho nitro benzene ring substituents is 1. The number of nitro benzene ring substituents is 1. The summed E-state index contributed by atoms with van der Waals surface area (Å²) >= 11 is 0. The molecule has 0 amide bonds. The van der Waals surface area contributed by atoms with Gasteiger partial charge in [-0.1, -0.05) is 0 Å². The van der Waals surface area contributed by atoms with Crippen molar-refractivity contribution in [2.45, 2.75) is 43.1 Å². The van der Waals surface area contributed by atoms with Crippen LogP contribution in [0.4, 0.5) is 15.8 Å². The summed E-state index contributed by atoms with van der Waals surface area (Å²) in [5.41, 5.74) is 0.728. The third-order valence-corrected chi connectivity index (χ3v) is 8.13. The number of rotatable bonds is 7. The summed E-state index contributed by atoms with van der Waals surface area (Å²) < 4.78 is 59.9. The van der Waals surface area contributed by atoms with Gasteiger partial charge >= 0.3 is 0 Å². The van der Waals surface area contributed by atoms with Crippen LogP contribution in [0.25, 0.3) is 0 Å². The fourth-order valence-electron chi connectivity index (χ4n) is 4.50. The zero-order valence-corrected chi connectivity index (χ0v) is 20.5. The van der Waals surface area contributed by atoms with Crippen LogP contribution in [0.3, 0.4) is 0 Å². The summed E-state index contributed by atoms with van der Waals surface area (Å²) in [6.07, 6.45) is -0.379. The molecule has 9 nitrogen and oxygen atoms in total. The molecule has 2 aliphatic rings. The molecule has 2 aliphatic heterocycles. The van der Waals surface area contributed by atoms with Crippen LogP contribution < -0.4 is 13.8 Å². The average molecular weight is 515 g/mol. The number of epoxide rings is 1. The first-order valence-corrected chi connectivity index (χ1v) is 12.5. The van der Waals surface area contributed by atoms with E-state index in [1.54, 1.807) is 12.1 Å². The molecular weight excluding hydrogens is 491 g/mol. The molecule has 0 N–H and O–H groups in total. The number of nitro groups is 1. The van der Waals surface area contributed by atoms with Gasteiger partial charge in [-0.15, -0.1) is 0 Å². The van der Waals surface area contributed by atoms with Gasteiger partial charge in [-0.3, -0.25) is 14.4 Å². The van der Waals surface area contributed by atoms with Crippen molar-refractivity contribution in [3.63, 3.8) is 0 Å². The molecular formula is C25H23FN2O7S. The van der Waals surface area contributed by atoms with Crippen LogP contribution in [0, 0.1) is 15.9 Å². The molecule has 0 aromatic heterocycles. The lowest BCUT2D eigenvalue weighted by molar-refractivity contribution is -0.384. The van der Waals surface area contributed by atoms with Gasteiger partial charge in [0.1, 0.15) is 35.1 Å². The number of sulfonamides is 1. The maximum atomic E-state index is 13.7. The topological polar surface area (TPSA) is 112 Å². The highest BCUT2D eigenvalue weighted by Crippen LogP contribution is 2.57. The molecule has 2 unspecified atom stereocenters. The quantitative estimate of drug-likeness (QED) is 0.254. The Bertz CT molecular complexity index is 1440. The van der Waals surface area contributed by atoms with E-state index in [-0.39, 0.29) is 35.0 Å². The Kier molecular flexibility index (Phi) is 5.64. The Balaban J connectivity index is 1.58. The van der Waals surface area contributed by atoms with Crippen LogP contribution in [0.2, 0.25) is 0 Å². The maximum Gasteiger partial charge on any atom is 0.269 e. The number of fused-ring (bicyclic) bond motifs is 3. The zero-order chi connectivity index (χ0) is 25.8. The van der Waals surface area contributed by atoms with Gasteiger partial charge in [0.2, 0.25) is 0 Å². The second kappa shape index (κ2) is 8.45. The smallest absolute Gasteiger partial charge is 0.269 e. The summed E-state index contributed by atoms with van der Waals surface area (Å²) in [7, 11) is -2.72. The van der Waals surface area contributed by atoms with Crippen LogP contribution in [0.15, 0.2) is 65.6 Å². The number of benzene rings is 3. The van der Waals surface area contributed by atoms with Gasteiger partial charge in [0.15, 0.2) is 0 Å². The van der Waals surface area contributed by atoms with E-state index < -0.39 is 26.4 Å². The number of nitrogens with zero attached hydrogens (tertiary/aromatic N) is 2. The van der Waals surface area contributed by atoms with Crippen LogP contribution in [0.1, 0.15) is 31.1 Å². The van der Waals surface area contributed by atoms with E-state index in [1.807, 2.05) is 13.8 Å². The molecule has 5 rings (SSSR count). The van der Waals surface area contributed by atoms with Crippen molar-refractivity contribution >= 4 is 21.4 Å². The van der Waals surface area contributed by atoms with Crippen LogP contribution in [-0.4, -0.2) is 32.2 Å². The minimum absolute atomic E-state index is 0.147. The van der Waals surface area contributed by atoms with E-state index in [0.29, 0.717) is 22.6 Å². The first kappa shape index (κ1) is 24.0. The average Bonchev–Trinajstić information content (AvgIpc) is 3.65. The Hall–Kier alpha value is -3.70. The van der Waals surface area contributed by atoms with Gasteiger partial charge in [0.05, 0.1) is 34.7 Å². The largest absolute Gasteiger partial charge is 0.496 e. The van der Waals surface area contributed by atoms with Crippen molar-refractivity contribution < 1.29 is 31.9 Å². The van der Waals surface area contributed by atoms with Crippen molar-refractivity contribution in [3.05, 3.63) is 87.7 Å². The number of ether oxygens (including phenoxy) is 3. The highest BCUT2D eigenvalue weighted by atomic mass is 32.2. The summed E-state index contributed by atoms with van der Waals surface area (Å²) in [5.74, 6) is 0.530. The predicted octanol–water partition coefficient (Wildman–Crippen LogP) is 4.75. The minimum atomic E-state index is -4.21. The second-order valence-corrected chi connectivity index (χ2v) is 11.0. The molecule has 0 spiro atoms. The summed E-state index contributed by atoms with van der Waals surface area (Å²) in [6, 6.07) is 13.1. The van der Waals surface area contributed by atoms with Gasteiger partial charge in [-0.2, -0.15) is 0 Å². The lowest BCUT2D eigenvalue weighted by Gasteiger charge is -2.31. The van der Waals surface area contributed by atoms with Gasteiger partial charge in [-0.25, -0.2) is 12.8 Å². The lowest BCUT2D eigenvalue weighted by Crippen LogP contribution is -2.38. The lowest BCUT2D eigenvalue weighted by atomic mass is 9.92. The number of methoxy groups -OCH3 is 1. The van der Waals surface area contributed by atoms with E-state index in [4.69, 9.17) is 14.2 Å². The first-order chi connectivity index (χ1) is 17.0. The van der Waals surface area contributed by atoms with Crippen molar-refractivity contribution in [1.82, 2.24) is 0 Å². The molecule has 0 bridgehead atoms. The van der Waals surface area contributed by atoms with E-state index >= 15 is 0 Å². The van der Waals surface area contributed by atoms with Gasteiger partial charge < -0.3 is 14.2 Å². The molecule has 2 heterocycles. The number of anilines is 1. The van der Waals surface area contributed by atoms with Crippen molar-refractivity contribution in [2.24, 2.45) is 0 Å². The molecule has 36 heavy (non-hydrogen) atoms. The Labute approximate surface area is 207 Å². The van der Waals surface area contributed by atoms with Gasteiger partial charge in [0, 0.05) is 17.7 Å². The van der Waals surface area contributed by atoms with Crippen LogP contribution in [-0.2, 0) is 21.3 Å². The molecule has 3 aromatic rings. The van der Waals surface area contributed by atoms with Crippen molar-refractivity contribution in [2.75, 3.05) is 11.4 Å². The minimum Gasteiger partial charge on any atom is -0.496 e. The van der Waals surface area contributed by atoms with Crippen LogP contribution in [0.5, 0.6) is 11.5 Å². The molecule has 1 saturated heterocycles. The monoisotopic (exact) mass is 514 g/mol. The predicted molar refractivity (Wildman–Crippen MR) is 128 cm³/mol. The highest BCUT2D eigenvalue weighted by Gasteiger charge is 2.58. The van der Waals surface area contributed by atoms with Crippen molar-refractivity contribution in [3.8, 4) is 11.5 Å². The first-order valence-electron chi connectivity index (χ1n) is 11.1. The summed E-state index contributed by atoms with van der Waals surface area (Å²) in [6.45, 7) is 3.73. The fraction of sp³-hybridized carbons (Fsp3) is 0.280. The molecule has 188 valence electrons. The molecule has 0 radical (unpaired) electrons. The summed E-state index contributed by atoms with van der Waals surface area (Å²) in [5, 5.41) is 11.0. The zero-order valence-electron chi connectivity index (χ0n) is 19.7. The number of halogens is 1. The van der Waals surface area contributed by atoms with Crippen LogP contribution >= 0.6 is 0 Å². The van der Waals surface area contributed by atoms with Gasteiger partial charge in [-0.05, 0) is 62.4 Å². The second-order valence-electron chi connectivity index (χ2n) is 9.09. The molecule has 3 aromatic carbocycles. The SMILES string of the molecule is COc1c(CN(c2ccc(F)cc2)S(=O)(=O)c2ccc([N+](=O)[O-])cc2)ccc2c1C1OC1C(C)(C)O2. The standard InChI is InChI=1S/C25H23FN2O7S/c1-25(2)24-23(34-24)21-20(35-25)13-4-15(22(21)33-3)14-27(17-7-5-16(26)6-8-17)36(31,32)19-11-9-18(10-12-19)28(29)30/h4-13,23-24H,14H2,1-3H3. The van der Waals surface area contributed by atoms with E-state index in [0.717, 1.165) is 28.6 Å². The molecule has 2 atom stereocenters. The highest BCUT2D eigenvalue weighted by molar-refractivity contribution is 7.92. The molecule has 1 fully saturated rings. The summed E-state index contributed by atoms with van der Waals surface area (Å²) in [4.78, 5) is 10.3. The van der Waals surface area contributed by atoms with E-state index in [1.165, 1.54) is 31.4 Å². The molecule has 11 heteroatoms. The normalized spacial score (nSPS) is 19.4. The third kappa shape index (κ3) is 4.03. The fourth-order valence-corrected chi connectivity index (χ4v) is 5.94. The van der Waals surface area contributed by atoms with E-state index in [9.17, 15) is 22.9 Å². The Morgan fingerprint density at radius 2 is 1.75 bits per heavy atom. The Morgan fingerprint density at radius 3 is 2.36 bits per heavy atom. The Morgan fingerprint density at radius 1 is 1.08 bits per heavy atom.